The molecule has 0 aliphatic carbocycles. The van der Waals surface area contributed by atoms with Gasteiger partial charge < -0.3 is 14.8 Å². The van der Waals surface area contributed by atoms with Crippen LogP contribution < -0.4 is 14.8 Å². The number of aryl methyl sites for hydroxylation is 1. The number of amides is 1. The van der Waals surface area contributed by atoms with Crippen LogP contribution in [0.15, 0.2) is 42.5 Å². The highest BCUT2D eigenvalue weighted by Gasteiger charge is 2.08. The van der Waals surface area contributed by atoms with E-state index in [0.717, 1.165) is 15.2 Å². The Morgan fingerprint density at radius 2 is 2.00 bits per heavy atom. The Morgan fingerprint density at radius 3 is 2.78 bits per heavy atom. The van der Waals surface area contributed by atoms with Crippen molar-refractivity contribution in [3.05, 3.63) is 47.5 Å². The predicted octanol–water partition coefficient (Wildman–Crippen LogP) is 3.63. The fourth-order valence-corrected chi connectivity index (χ4v) is 3.01. The van der Waals surface area contributed by atoms with Gasteiger partial charge in [-0.05, 0) is 37.3 Å². The van der Waals surface area contributed by atoms with Crippen molar-refractivity contribution in [2.24, 2.45) is 0 Å². The molecule has 1 aromatic heterocycles. The maximum Gasteiger partial charge on any atom is 0.262 e. The third-order valence-corrected chi connectivity index (χ3v) is 4.16. The first kappa shape index (κ1) is 15.3. The first-order valence-corrected chi connectivity index (χ1v) is 7.90. The fraction of sp³-hybridized carbons (Fsp3) is 0.176. The average molecular weight is 328 g/mol. The quantitative estimate of drug-likeness (QED) is 0.777. The summed E-state index contributed by atoms with van der Waals surface area (Å²) in [5.41, 5.74) is 1.59. The summed E-state index contributed by atoms with van der Waals surface area (Å²) in [4.78, 5) is 16.4. The van der Waals surface area contributed by atoms with Gasteiger partial charge in [0.15, 0.2) is 18.1 Å². The molecular weight excluding hydrogens is 312 g/mol. The van der Waals surface area contributed by atoms with Gasteiger partial charge in [0.05, 0.1) is 22.3 Å². The molecule has 1 heterocycles. The topological polar surface area (TPSA) is 60.5 Å². The number of fused-ring (bicyclic) bond motifs is 1. The second-order valence-electron chi connectivity index (χ2n) is 4.90. The largest absolute Gasteiger partial charge is 0.493 e. The van der Waals surface area contributed by atoms with E-state index in [-0.39, 0.29) is 12.5 Å². The number of thiazole rings is 1. The third kappa shape index (κ3) is 3.60. The Balaban J connectivity index is 1.64. The molecule has 6 heteroatoms. The van der Waals surface area contributed by atoms with E-state index in [2.05, 4.69) is 10.3 Å². The van der Waals surface area contributed by atoms with Crippen LogP contribution in [0.3, 0.4) is 0 Å². The lowest BCUT2D eigenvalue weighted by Crippen LogP contribution is -2.20. The molecule has 3 aromatic rings. The van der Waals surface area contributed by atoms with Crippen LogP contribution in [0.1, 0.15) is 5.01 Å². The Kier molecular flexibility index (Phi) is 4.43. The van der Waals surface area contributed by atoms with Crippen molar-refractivity contribution in [1.82, 2.24) is 4.98 Å². The van der Waals surface area contributed by atoms with Crippen LogP contribution in [0.5, 0.6) is 11.5 Å². The Hall–Kier alpha value is -2.60. The molecule has 0 radical (unpaired) electrons. The zero-order chi connectivity index (χ0) is 16.2. The molecule has 3 rings (SSSR count). The molecule has 0 spiro atoms. The van der Waals surface area contributed by atoms with E-state index < -0.39 is 0 Å². The lowest BCUT2D eigenvalue weighted by Gasteiger charge is -2.10. The van der Waals surface area contributed by atoms with E-state index in [1.54, 1.807) is 30.6 Å². The first-order chi connectivity index (χ1) is 11.2. The maximum atomic E-state index is 12.0. The van der Waals surface area contributed by atoms with E-state index in [4.69, 9.17) is 9.47 Å². The van der Waals surface area contributed by atoms with E-state index in [0.29, 0.717) is 17.2 Å². The monoisotopic (exact) mass is 328 g/mol. The number of carbonyl (C=O) groups is 1. The molecule has 2 aromatic carbocycles. The van der Waals surface area contributed by atoms with E-state index in [9.17, 15) is 4.79 Å². The molecule has 0 bridgehead atoms. The van der Waals surface area contributed by atoms with Gasteiger partial charge in [0.1, 0.15) is 0 Å². The zero-order valence-corrected chi connectivity index (χ0v) is 13.6. The number of rotatable bonds is 5. The van der Waals surface area contributed by atoms with E-state index >= 15 is 0 Å². The number of ether oxygens (including phenoxy) is 2. The number of methoxy groups -OCH3 is 1. The summed E-state index contributed by atoms with van der Waals surface area (Å²) in [6.07, 6.45) is 0. The highest BCUT2D eigenvalue weighted by molar-refractivity contribution is 7.18. The molecule has 23 heavy (non-hydrogen) atoms. The summed E-state index contributed by atoms with van der Waals surface area (Å²) < 4.78 is 11.8. The van der Waals surface area contributed by atoms with Crippen LogP contribution in [0, 0.1) is 6.92 Å². The molecule has 1 N–H and O–H groups in total. The SMILES string of the molecule is COc1ccccc1OCC(=O)Nc1ccc2sc(C)nc2c1. The molecule has 5 nitrogen and oxygen atoms in total. The lowest BCUT2D eigenvalue weighted by molar-refractivity contribution is -0.118. The molecule has 0 aliphatic heterocycles. The second-order valence-corrected chi connectivity index (χ2v) is 6.14. The van der Waals surface area contributed by atoms with Crippen LogP contribution in [0.2, 0.25) is 0 Å². The number of nitrogens with zero attached hydrogens (tertiary/aromatic N) is 1. The molecule has 0 fully saturated rings. The van der Waals surface area contributed by atoms with Crippen LogP contribution >= 0.6 is 11.3 Å². The van der Waals surface area contributed by atoms with Crippen LogP contribution in [-0.2, 0) is 4.79 Å². The summed E-state index contributed by atoms with van der Waals surface area (Å²) in [6.45, 7) is 1.87. The van der Waals surface area contributed by atoms with Crippen molar-refractivity contribution in [2.45, 2.75) is 6.92 Å². The van der Waals surface area contributed by atoms with Crippen molar-refractivity contribution >= 4 is 33.1 Å². The molecule has 0 saturated carbocycles. The standard InChI is InChI=1S/C17H16N2O3S/c1-11-18-13-9-12(7-8-16(13)23-11)19-17(20)10-22-15-6-4-3-5-14(15)21-2/h3-9H,10H2,1-2H3,(H,19,20). The number of hydrogen-bond donors (Lipinski definition) is 1. The Labute approximate surface area is 137 Å². The van der Waals surface area contributed by atoms with Gasteiger partial charge >= 0.3 is 0 Å². The number of nitrogens with one attached hydrogen (secondary N) is 1. The Bertz CT molecular complexity index is 845. The molecule has 1 amide bonds. The van der Waals surface area contributed by atoms with Gasteiger partial charge in [0, 0.05) is 5.69 Å². The number of hydrogen-bond acceptors (Lipinski definition) is 5. The normalized spacial score (nSPS) is 10.5. The Morgan fingerprint density at radius 1 is 1.22 bits per heavy atom. The number of para-hydroxylation sites is 2. The number of benzene rings is 2. The van der Waals surface area contributed by atoms with Gasteiger partial charge in [0.2, 0.25) is 0 Å². The van der Waals surface area contributed by atoms with Gasteiger partial charge in [-0.15, -0.1) is 11.3 Å². The van der Waals surface area contributed by atoms with Crippen molar-refractivity contribution in [2.75, 3.05) is 19.0 Å². The molecule has 0 saturated heterocycles. The summed E-state index contributed by atoms with van der Waals surface area (Å²) in [7, 11) is 1.56. The molecular formula is C17H16N2O3S. The number of anilines is 1. The summed E-state index contributed by atoms with van der Waals surface area (Å²) >= 11 is 1.63. The highest BCUT2D eigenvalue weighted by atomic mass is 32.1. The van der Waals surface area contributed by atoms with Gasteiger partial charge in [-0.1, -0.05) is 12.1 Å². The smallest absolute Gasteiger partial charge is 0.262 e. The first-order valence-electron chi connectivity index (χ1n) is 7.08. The summed E-state index contributed by atoms with van der Waals surface area (Å²) in [5, 5.41) is 3.81. The van der Waals surface area contributed by atoms with Crippen LogP contribution in [-0.4, -0.2) is 24.6 Å². The van der Waals surface area contributed by atoms with Gasteiger partial charge in [-0.3, -0.25) is 4.79 Å². The van der Waals surface area contributed by atoms with Crippen molar-refractivity contribution in [1.29, 1.82) is 0 Å². The minimum atomic E-state index is -0.234. The van der Waals surface area contributed by atoms with Crippen molar-refractivity contribution in [3.63, 3.8) is 0 Å². The predicted molar refractivity (Wildman–Crippen MR) is 91.5 cm³/mol. The van der Waals surface area contributed by atoms with Gasteiger partial charge in [0.25, 0.3) is 5.91 Å². The van der Waals surface area contributed by atoms with Gasteiger partial charge in [-0.2, -0.15) is 0 Å². The molecule has 0 atom stereocenters. The van der Waals surface area contributed by atoms with Crippen LogP contribution in [0.4, 0.5) is 5.69 Å². The lowest BCUT2D eigenvalue weighted by atomic mass is 10.3. The summed E-state index contributed by atoms with van der Waals surface area (Å²) in [5.74, 6) is 0.901. The van der Waals surface area contributed by atoms with Crippen LogP contribution in [0.25, 0.3) is 10.2 Å². The third-order valence-electron chi connectivity index (χ3n) is 3.21. The number of aromatic nitrogens is 1. The minimum Gasteiger partial charge on any atom is -0.493 e. The number of carbonyl (C=O) groups excluding carboxylic acids is 1. The fourth-order valence-electron chi connectivity index (χ4n) is 2.20. The van der Waals surface area contributed by atoms with E-state index in [1.165, 1.54) is 0 Å². The maximum absolute atomic E-state index is 12.0. The molecule has 0 aliphatic rings. The minimum absolute atomic E-state index is 0.0888. The van der Waals surface area contributed by atoms with Gasteiger partial charge in [-0.25, -0.2) is 4.98 Å². The highest BCUT2D eigenvalue weighted by Crippen LogP contribution is 2.26. The van der Waals surface area contributed by atoms with Crippen molar-refractivity contribution in [3.8, 4) is 11.5 Å². The average Bonchev–Trinajstić information content (AvgIpc) is 2.92. The second kappa shape index (κ2) is 6.66. The molecule has 118 valence electrons. The zero-order valence-electron chi connectivity index (χ0n) is 12.8. The summed E-state index contributed by atoms with van der Waals surface area (Å²) in [6, 6.07) is 12.9. The van der Waals surface area contributed by atoms with Crippen molar-refractivity contribution < 1.29 is 14.3 Å². The van der Waals surface area contributed by atoms with E-state index in [1.807, 2.05) is 37.3 Å². The molecule has 0 unspecified atom stereocenters.